The summed E-state index contributed by atoms with van der Waals surface area (Å²) in [6.07, 6.45) is 4.48. The van der Waals surface area contributed by atoms with E-state index < -0.39 is 0 Å². The fourth-order valence-electron chi connectivity index (χ4n) is 2.69. The SMILES string of the molecule is CC(C)C(CO)NC(=O)C1CCCCC1(C)C. The summed E-state index contributed by atoms with van der Waals surface area (Å²) in [6, 6.07) is -0.111. The van der Waals surface area contributed by atoms with Gasteiger partial charge in [-0.1, -0.05) is 40.5 Å². The summed E-state index contributed by atoms with van der Waals surface area (Å²) in [5.74, 6) is 0.502. The van der Waals surface area contributed by atoms with Gasteiger partial charge in [-0.05, 0) is 24.2 Å². The molecule has 0 aliphatic heterocycles. The van der Waals surface area contributed by atoms with Crippen LogP contribution in [0.5, 0.6) is 0 Å². The van der Waals surface area contributed by atoms with Crippen LogP contribution in [0.3, 0.4) is 0 Å². The summed E-state index contributed by atoms with van der Waals surface area (Å²) in [5, 5.41) is 12.3. The van der Waals surface area contributed by atoms with Gasteiger partial charge in [-0.25, -0.2) is 0 Å². The summed E-state index contributed by atoms with van der Waals surface area (Å²) < 4.78 is 0. The molecule has 0 heterocycles. The number of hydrogen-bond donors (Lipinski definition) is 2. The van der Waals surface area contributed by atoms with Crippen molar-refractivity contribution in [2.45, 2.75) is 59.4 Å². The number of carbonyl (C=O) groups excluding carboxylic acids is 1. The molecule has 0 bridgehead atoms. The summed E-state index contributed by atoms with van der Waals surface area (Å²) in [6.45, 7) is 8.43. The highest BCUT2D eigenvalue weighted by Crippen LogP contribution is 2.40. The molecule has 1 fully saturated rings. The normalized spacial score (nSPS) is 25.6. The van der Waals surface area contributed by atoms with Crippen LogP contribution in [-0.2, 0) is 4.79 Å². The fourth-order valence-corrected chi connectivity index (χ4v) is 2.69. The molecule has 100 valence electrons. The van der Waals surface area contributed by atoms with Crippen LogP contribution in [-0.4, -0.2) is 23.7 Å². The van der Waals surface area contributed by atoms with Gasteiger partial charge in [-0.2, -0.15) is 0 Å². The number of amides is 1. The van der Waals surface area contributed by atoms with Crippen LogP contribution in [0.2, 0.25) is 0 Å². The second-order valence-corrected chi connectivity index (χ2v) is 6.33. The minimum absolute atomic E-state index is 0.0244. The van der Waals surface area contributed by atoms with E-state index >= 15 is 0 Å². The third-order valence-corrected chi connectivity index (χ3v) is 4.15. The second kappa shape index (κ2) is 5.85. The second-order valence-electron chi connectivity index (χ2n) is 6.33. The van der Waals surface area contributed by atoms with Gasteiger partial charge in [0.1, 0.15) is 0 Å². The third-order valence-electron chi connectivity index (χ3n) is 4.15. The molecule has 1 rings (SSSR count). The van der Waals surface area contributed by atoms with Crippen LogP contribution >= 0.6 is 0 Å². The van der Waals surface area contributed by atoms with Crippen molar-refractivity contribution >= 4 is 5.91 Å². The van der Waals surface area contributed by atoms with Crippen molar-refractivity contribution in [1.29, 1.82) is 0 Å². The van der Waals surface area contributed by atoms with Crippen molar-refractivity contribution < 1.29 is 9.90 Å². The molecule has 2 N–H and O–H groups in total. The van der Waals surface area contributed by atoms with E-state index in [0.29, 0.717) is 0 Å². The van der Waals surface area contributed by atoms with Gasteiger partial charge in [0.2, 0.25) is 5.91 Å². The molecule has 2 unspecified atom stereocenters. The Morgan fingerprint density at radius 1 is 1.41 bits per heavy atom. The van der Waals surface area contributed by atoms with Gasteiger partial charge in [0.15, 0.2) is 0 Å². The smallest absolute Gasteiger partial charge is 0.223 e. The molecule has 3 nitrogen and oxygen atoms in total. The van der Waals surface area contributed by atoms with Gasteiger partial charge in [-0.15, -0.1) is 0 Å². The highest BCUT2D eigenvalue weighted by atomic mass is 16.3. The first-order valence-corrected chi connectivity index (χ1v) is 6.79. The molecule has 3 heteroatoms. The number of carbonyl (C=O) groups is 1. The highest BCUT2D eigenvalue weighted by Gasteiger charge is 2.37. The number of hydrogen-bond acceptors (Lipinski definition) is 2. The third kappa shape index (κ3) is 3.70. The zero-order valence-electron chi connectivity index (χ0n) is 11.6. The maximum absolute atomic E-state index is 12.3. The Bertz CT molecular complexity index is 261. The molecule has 0 radical (unpaired) electrons. The van der Waals surface area contributed by atoms with E-state index in [2.05, 4.69) is 19.2 Å². The lowest BCUT2D eigenvalue weighted by molar-refractivity contribution is -0.131. The monoisotopic (exact) mass is 241 g/mol. The van der Waals surface area contributed by atoms with E-state index in [9.17, 15) is 9.90 Å². The van der Waals surface area contributed by atoms with Crippen LogP contribution in [0.15, 0.2) is 0 Å². The van der Waals surface area contributed by atoms with Crippen molar-refractivity contribution in [3.8, 4) is 0 Å². The van der Waals surface area contributed by atoms with Crippen LogP contribution in [0.25, 0.3) is 0 Å². The molecule has 17 heavy (non-hydrogen) atoms. The first kappa shape index (κ1) is 14.5. The molecule has 1 aliphatic rings. The Hall–Kier alpha value is -0.570. The molecular weight excluding hydrogens is 214 g/mol. The van der Waals surface area contributed by atoms with Crippen LogP contribution in [0.1, 0.15) is 53.4 Å². The van der Waals surface area contributed by atoms with Gasteiger partial charge in [0.25, 0.3) is 0 Å². The van der Waals surface area contributed by atoms with E-state index in [4.69, 9.17) is 0 Å². The molecule has 1 amide bonds. The number of aliphatic hydroxyl groups excluding tert-OH is 1. The Kier molecular flexibility index (Phi) is 4.99. The predicted molar refractivity (Wildman–Crippen MR) is 69.6 cm³/mol. The minimum Gasteiger partial charge on any atom is -0.394 e. The molecule has 2 atom stereocenters. The minimum atomic E-state index is -0.111. The van der Waals surface area contributed by atoms with Gasteiger partial charge in [-0.3, -0.25) is 4.79 Å². The first-order valence-electron chi connectivity index (χ1n) is 6.79. The summed E-state index contributed by atoms with van der Waals surface area (Å²) in [5.41, 5.74) is 0.0965. The molecule has 0 aromatic heterocycles. The largest absolute Gasteiger partial charge is 0.394 e. The van der Waals surface area contributed by atoms with E-state index in [1.54, 1.807) is 0 Å². The Morgan fingerprint density at radius 2 is 2.06 bits per heavy atom. The lowest BCUT2D eigenvalue weighted by Gasteiger charge is -2.38. The average molecular weight is 241 g/mol. The molecular formula is C14H27NO2. The lowest BCUT2D eigenvalue weighted by Crippen LogP contribution is -2.48. The summed E-state index contributed by atoms with van der Waals surface area (Å²) >= 11 is 0. The highest BCUT2D eigenvalue weighted by molar-refractivity contribution is 5.79. The maximum atomic E-state index is 12.3. The van der Waals surface area contributed by atoms with Crippen molar-refractivity contribution in [1.82, 2.24) is 5.32 Å². The standard InChI is InChI=1S/C14H27NO2/c1-10(2)12(9-16)15-13(17)11-7-5-6-8-14(11,3)4/h10-12,16H,5-9H2,1-4H3,(H,15,17). The van der Waals surface area contributed by atoms with E-state index in [1.165, 1.54) is 6.42 Å². The van der Waals surface area contributed by atoms with Crippen molar-refractivity contribution in [3.63, 3.8) is 0 Å². The topological polar surface area (TPSA) is 49.3 Å². The van der Waals surface area contributed by atoms with Gasteiger partial charge >= 0.3 is 0 Å². The van der Waals surface area contributed by atoms with Crippen LogP contribution in [0.4, 0.5) is 0 Å². The summed E-state index contributed by atoms with van der Waals surface area (Å²) in [7, 11) is 0. The summed E-state index contributed by atoms with van der Waals surface area (Å²) in [4.78, 5) is 12.3. The molecule has 0 saturated heterocycles. The Morgan fingerprint density at radius 3 is 2.53 bits per heavy atom. The van der Waals surface area contributed by atoms with Crippen LogP contribution < -0.4 is 5.32 Å². The zero-order chi connectivity index (χ0) is 13.1. The number of aliphatic hydroxyl groups is 1. The van der Waals surface area contributed by atoms with Crippen molar-refractivity contribution in [3.05, 3.63) is 0 Å². The number of rotatable bonds is 4. The Balaban J connectivity index is 2.62. The molecule has 1 saturated carbocycles. The van der Waals surface area contributed by atoms with E-state index in [0.717, 1.165) is 19.3 Å². The van der Waals surface area contributed by atoms with Crippen molar-refractivity contribution in [2.75, 3.05) is 6.61 Å². The molecule has 0 spiro atoms. The maximum Gasteiger partial charge on any atom is 0.223 e. The molecule has 0 aromatic rings. The number of nitrogens with one attached hydrogen (secondary N) is 1. The zero-order valence-corrected chi connectivity index (χ0v) is 11.6. The average Bonchev–Trinajstić information content (AvgIpc) is 2.24. The van der Waals surface area contributed by atoms with Gasteiger partial charge in [0, 0.05) is 5.92 Å². The van der Waals surface area contributed by atoms with Crippen molar-refractivity contribution in [2.24, 2.45) is 17.3 Å². The fraction of sp³-hybridized carbons (Fsp3) is 0.929. The first-order chi connectivity index (χ1) is 7.88. The van der Waals surface area contributed by atoms with E-state index in [-0.39, 0.29) is 35.8 Å². The predicted octanol–water partition coefficient (Wildman–Crippen LogP) is 2.34. The quantitative estimate of drug-likeness (QED) is 0.793. The van der Waals surface area contributed by atoms with E-state index in [1.807, 2.05) is 13.8 Å². The molecule has 1 aliphatic carbocycles. The van der Waals surface area contributed by atoms with Crippen LogP contribution in [0, 0.1) is 17.3 Å². The van der Waals surface area contributed by atoms with Gasteiger partial charge in [0.05, 0.1) is 12.6 Å². The lowest BCUT2D eigenvalue weighted by atomic mass is 9.68. The Labute approximate surface area is 105 Å². The molecule has 0 aromatic carbocycles. The van der Waals surface area contributed by atoms with Gasteiger partial charge < -0.3 is 10.4 Å².